The zero-order valence-electron chi connectivity index (χ0n) is 20.9. The maximum absolute atomic E-state index is 12.1. The second kappa shape index (κ2) is 11.6. The predicted octanol–water partition coefficient (Wildman–Crippen LogP) is 2.27. The second-order valence-corrected chi connectivity index (χ2v) is 10.3. The Morgan fingerprint density at radius 1 is 1.21 bits per heavy atom. The first-order valence-corrected chi connectivity index (χ1v) is 12.4. The van der Waals surface area contributed by atoms with Gasteiger partial charge in [0.1, 0.15) is 0 Å². The Hall–Kier alpha value is -2.00. The zero-order valence-corrected chi connectivity index (χ0v) is 20.9. The van der Waals surface area contributed by atoms with E-state index in [9.17, 15) is 9.59 Å². The van der Waals surface area contributed by atoms with E-state index in [1.165, 1.54) is 6.08 Å². The predicted molar refractivity (Wildman–Crippen MR) is 131 cm³/mol. The molecule has 3 heterocycles. The number of hydrogen-bond donors (Lipinski definition) is 3. The molecule has 8 nitrogen and oxygen atoms in total. The zero-order chi connectivity index (χ0) is 24.9. The van der Waals surface area contributed by atoms with Crippen molar-refractivity contribution >= 4 is 11.8 Å². The van der Waals surface area contributed by atoms with Gasteiger partial charge in [-0.1, -0.05) is 36.8 Å². The van der Waals surface area contributed by atoms with E-state index in [1.54, 1.807) is 6.08 Å². The summed E-state index contributed by atoms with van der Waals surface area (Å²) in [6.45, 7) is 8.79. The Labute approximate surface area is 203 Å². The van der Waals surface area contributed by atoms with E-state index in [2.05, 4.69) is 37.4 Å². The number of epoxide rings is 1. The largest absolute Gasteiger partial charge is 0.373 e. The fourth-order valence-electron chi connectivity index (χ4n) is 4.82. The summed E-state index contributed by atoms with van der Waals surface area (Å²) in [6.07, 6.45) is 12.7. The van der Waals surface area contributed by atoms with Crippen molar-refractivity contribution in [2.24, 2.45) is 17.4 Å². The van der Waals surface area contributed by atoms with Crippen LogP contribution in [-0.4, -0.2) is 60.5 Å². The number of allylic oxidation sites excluding steroid dienone is 2. The maximum Gasteiger partial charge on any atom is 0.244 e. The van der Waals surface area contributed by atoms with Crippen molar-refractivity contribution in [2.45, 2.75) is 102 Å². The number of ether oxygens (including phenoxy) is 3. The number of amides is 2. The van der Waals surface area contributed by atoms with Gasteiger partial charge >= 0.3 is 0 Å². The van der Waals surface area contributed by atoms with Crippen LogP contribution in [0.25, 0.3) is 0 Å². The molecule has 0 radical (unpaired) electrons. The normalized spacial score (nSPS) is 37.3. The summed E-state index contributed by atoms with van der Waals surface area (Å²) < 4.78 is 18.0. The molecule has 0 aromatic carbocycles. The lowest BCUT2D eigenvalue weighted by Crippen LogP contribution is -2.50. The molecule has 1 spiro atoms. The molecule has 0 aromatic heterocycles. The smallest absolute Gasteiger partial charge is 0.244 e. The average Bonchev–Trinajstić information content (AvgIpc) is 3.49. The molecule has 3 fully saturated rings. The molecule has 190 valence electrons. The fourth-order valence-corrected chi connectivity index (χ4v) is 4.82. The number of nitrogens with one attached hydrogen (secondary N) is 1. The van der Waals surface area contributed by atoms with Crippen molar-refractivity contribution in [3.8, 4) is 0 Å². The summed E-state index contributed by atoms with van der Waals surface area (Å²) >= 11 is 0. The van der Waals surface area contributed by atoms with Crippen molar-refractivity contribution < 1.29 is 23.8 Å². The minimum absolute atomic E-state index is 0.0183. The van der Waals surface area contributed by atoms with Gasteiger partial charge in [-0.05, 0) is 39.5 Å². The van der Waals surface area contributed by atoms with Gasteiger partial charge in [0.15, 0.2) is 0 Å². The van der Waals surface area contributed by atoms with E-state index >= 15 is 0 Å². The molecular weight excluding hydrogens is 434 g/mol. The third kappa shape index (κ3) is 8.05. The van der Waals surface area contributed by atoms with Crippen LogP contribution in [0.15, 0.2) is 36.0 Å². The van der Waals surface area contributed by atoms with Gasteiger partial charge in [-0.3, -0.25) is 9.59 Å². The highest BCUT2D eigenvalue weighted by molar-refractivity contribution is 5.87. The highest BCUT2D eigenvalue weighted by Gasteiger charge is 2.51. The van der Waals surface area contributed by atoms with E-state index in [4.69, 9.17) is 25.7 Å². The summed E-state index contributed by atoms with van der Waals surface area (Å²) in [5.41, 5.74) is 12.0. The van der Waals surface area contributed by atoms with E-state index in [0.717, 1.165) is 37.9 Å². The van der Waals surface area contributed by atoms with Crippen LogP contribution in [0.2, 0.25) is 0 Å². The van der Waals surface area contributed by atoms with E-state index in [1.807, 2.05) is 13.8 Å². The molecule has 2 amide bonds. The van der Waals surface area contributed by atoms with Gasteiger partial charge in [0, 0.05) is 25.0 Å². The summed E-state index contributed by atoms with van der Waals surface area (Å²) in [4.78, 5) is 23.4. The summed E-state index contributed by atoms with van der Waals surface area (Å²) in [7, 11) is 0. The molecule has 8 heteroatoms. The summed E-state index contributed by atoms with van der Waals surface area (Å²) in [5.74, 6) is -0.165. The van der Waals surface area contributed by atoms with Crippen LogP contribution in [0.5, 0.6) is 0 Å². The highest BCUT2D eigenvalue weighted by Crippen LogP contribution is 2.43. The third-order valence-corrected chi connectivity index (χ3v) is 6.86. The molecule has 0 bridgehead atoms. The molecule has 0 saturated carbocycles. The van der Waals surface area contributed by atoms with Crippen LogP contribution < -0.4 is 16.8 Å². The number of carbonyl (C=O) groups is 2. The molecule has 3 aliphatic heterocycles. The van der Waals surface area contributed by atoms with Crippen molar-refractivity contribution in [2.75, 3.05) is 6.61 Å². The minimum Gasteiger partial charge on any atom is -0.373 e. The van der Waals surface area contributed by atoms with Gasteiger partial charge in [0.2, 0.25) is 11.8 Å². The third-order valence-electron chi connectivity index (χ3n) is 6.86. The molecule has 3 saturated heterocycles. The fraction of sp³-hybridized carbons (Fsp3) is 0.692. The van der Waals surface area contributed by atoms with Gasteiger partial charge in [-0.2, -0.15) is 0 Å². The Balaban J connectivity index is 1.49. The van der Waals surface area contributed by atoms with Crippen LogP contribution in [0.1, 0.15) is 59.8 Å². The van der Waals surface area contributed by atoms with E-state index < -0.39 is 0 Å². The van der Waals surface area contributed by atoms with Crippen molar-refractivity contribution in [1.29, 1.82) is 0 Å². The van der Waals surface area contributed by atoms with Gasteiger partial charge in [0.05, 0.1) is 49.1 Å². The Kier molecular flexibility index (Phi) is 9.09. The Morgan fingerprint density at radius 2 is 1.94 bits per heavy atom. The Morgan fingerprint density at radius 3 is 2.59 bits per heavy atom. The van der Waals surface area contributed by atoms with Crippen molar-refractivity contribution in [1.82, 2.24) is 5.32 Å². The first-order chi connectivity index (χ1) is 16.0. The first-order valence-electron chi connectivity index (χ1n) is 12.4. The monoisotopic (exact) mass is 475 g/mol. The van der Waals surface area contributed by atoms with Crippen LogP contribution in [0.3, 0.4) is 0 Å². The van der Waals surface area contributed by atoms with Crippen LogP contribution in [0, 0.1) is 5.92 Å². The molecule has 3 rings (SSSR count). The van der Waals surface area contributed by atoms with Crippen LogP contribution >= 0.6 is 0 Å². The lowest BCUT2D eigenvalue weighted by atomic mass is 9.88. The van der Waals surface area contributed by atoms with Crippen LogP contribution in [-0.2, 0) is 23.8 Å². The van der Waals surface area contributed by atoms with Crippen LogP contribution in [0.4, 0.5) is 0 Å². The number of primary amides is 1. The van der Waals surface area contributed by atoms with Crippen molar-refractivity contribution in [3.63, 3.8) is 0 Å². The first kappa shape index (κ1) is 26.6. The molecule has 0 aromatic rings. The van der Waals surface area contributed by atoms with Gasteiger partial charge in [-0.25, -0.2) is 0 Å². The van der Waals surface area contributed by atoms with Gasteiger partial charge in [-0.15, -0.1) is 0 Å². The topological polar surface area (TPSA) is 129 Å². The number of carbonyl (C=O) groups excluding carboxylic acids is 2. The summed E-state index contributed by atoms with van der Waals surface area (Å²) in [6, 6.07) is -0.169. The average molecular weight is 476 g/mol. The lowest BCUT2D eigenvalue weighted by Gasteiger charge is -2.39. The quantitative estimate of drug-likeness (QED) is 0.267. The SMILES string of the molecule is CC(/C=C/[C@@H]1C[C@@]2(CO2)C[C@@H](CC(N)=O)O1)=C\C[C@@H]1O[C@H](C)[C@H](NC(=O)/C=C\C(C)N)C[C@@H]1C. The van der Waals surface area contributed by atoms with E-state index in [-0.39, 0.29) is 60.3 Å². The minimum atomic E-state index is -0.347. The number of rotatable bonds is 9. The van der Waals surface area contributed by atoms with Crippen molar-refractivity contribution in [3.05, 3.63) is 36.0 Å². The molecule has 0 aliphatic carbocycles. The number of nitrogens with two attached hydrogens (primary N) is 2. The Bertz CT molecular complexity index is 817. The lowest BCUT2D eigenvalue weighted by molar-refractivity contribution is -0.125. The van der Waals surface area contributed by atoms with E-state index in [0.29, 0.717) is 5.92 Å². The maximum atomic E-state index is 12.1. The molecule has 1 unspecified atom stereocenters. The molecule has 34 heavy (non-hydrogen) atoms. The molecule has 5 N–H and O–H groups in total. The highest BCUT2D eigenvalue weighted by atomic mass is 16.6. The molecule has 8 atom stereocenters. The number of hydrogen-bond acceptors (Lipinski definition) is 6. The van der Waals surface area contributed by atoms with Gasteiger partial charge in [0.25, 0.3) is 0 Å². The molecule has 3 aliphatic rings. The second-order valence-electron chi connectivity index (χ2n) is 10.3. The molecular formula is C26H41N3O5. The standard InChI is InChI=1S/C26H41N3O5/c1-16(5-8-20-13-26(15-32-26)14-21(34-20)12-24(28)30)6-9-23-17(2)11-22(19(4)33-23)29-25(31)10-7-18(3)27/h5-8,10,17-23H,9,11-15,27H2,1-4H3,(H2,28,30)(H,29,31)/b8-5+,10-7-,16-6+/t17-,18?,19+,20+,21+,22+,23-,26-/m0/s1. The summed E-state index contributed by atoms with van der Waals surface area (Å²) in [5, 5.41) is 3.04. The van der Waals surface area contributed by atoms with Gasteiger partial charge < -0.3 is 31.0 Å².